The largest absolute Gasteiger partial charge is 0.456 e. The van der Waals surface area contributed by atoms with E-state index in [0.717, 1.165) is 61.0 Å². The maximum Gasteiger partial charge on any atom is 0.355 e. The van der Waals surface area contributed by atoms with Gasteiger partial charge in [0.1, 0.15) is 16.8 Å². The Morgan fingerprint density at radius 3 is 1.90 bits per heavy atom. The Morgan fingerprint density at radius 1 is 0.524 bits per heavy atom. The van der Waals surface area contributed by atoms with E-state index in [1.807, 2.05) is 103 Å². The molecule has 0 fully saturated rings. The molecule has 0 saturated carbocycles. The Kier molecular flexibility index (Phi) is 5.54. The van der Waals surface area contributed by atoms with Crippen molar-refractivity contribution in [1.29, 1.82) is 0 Å². The van der Waals surface area contributed by atoms with Gasteiger partial charge >= 0.3 is 5.69 Å². The Hall–Kier alpha value is -5.81. The third kappa shape index (κ3) is 3.99. The van der Waals surface area contributed by atoms with Crippen molar-refractivity contribution in [2.75, 3.05) is 0 Å². The van der Waals surface area contributed by atoms with Gasteiger partial charge in [-0.25, -0.2) is 14.2 Å². The van der Waals surface area contributed by atoms with Crippen molar-refractivity contribution < 1.29 is 4.42 Å². The lowest BCUT2D eigenvalue weighted by molar-refractivity contribution is 0.669. The van der Waals surface area contributed by atoms with Crippen molar-refractivity contribution in [3.8, 4) is 44.9 Å². The van der Waals surface area contributed by atoms with Gasteiger partial charge in [0.05, 0.1) is 5.69 Å². The molecule has 0 aliphatic heterocycles. The molecule has 0 aliphatic rings. The van der Waals surface area contributed by atoms with Crippen LogP contribution in [0.1, 0.15) is 0 Å². The van der Waals surface area contributed by atoms with E-state index in [0.29, 0.717) is 11.5 Å². The molecule has 0 aliphatic carbocycles. The zero-order chi connectivity index (χ0) is 28.0. The molecule has 0 amide bonds. The molecule has 198 valence electrons. The third-order valence-corrected chi connectivity index (χ3v) is 7.68. The molecule has 0 saturated heterocycles. The van der Waals surface area contributed by atoms with Crippen LogP contribution in [0.4, 0.5) is 0 Å². The van der Waals surface area contributed by atoms with Gasteiger partial charge in [-0.15, -0.1) is 0 Å². The summed E-state index contributed by atoms with van der Waals surface area (Å²) in [5, 5.41) is 1.84. The van der Waals surface area contributed by atoms with Gasteiger partial charge in [0, 0.05) is 16.3 Å². The van der Waals surface area contributed by atoms with E-state index in [1.165, 1.54) is 0 Å². The quantitative estimate of drug-likeness (QED) is 0.224. The number of benzene rings is 5. The number of nitrogens with zero attached hydrogens (tertiary/aromatic N) is 3. The fourth-order valence-corrected chi connectivity index (χ4v) is 5.70. The van der Waals surface area contributed by atoms with Crippen LogP contribution in [0.2, 0.25) is 0 Å². The van der Waals surface area contributed by atoms with E-state index in [-0.39, 0.29) is 5.69 Å². The standard InChI is InChI=1S/C37H23N3O2/c41-37-39-36(29-17-10-18-33-35(29)30-21-27(19-20-32(30)42-33)24-11-4-1-5-12-24)38-34-23-28(25-13-6-2-7-14-25)22-31(40(34)37)26-15-8-3-9-16-26/h1-23H. The fourth-order valence-electron chi connectivity index (χ4n) is 5.70. The second kappa shape index (κ2) is 9.68. The van der Waals surface area contributed by atoms with Crippen LogP contribution < -0.4 is 5.69 Å². The van der Waals surface area contributed by atoms with E-state index >= 15 is 0 Å². The van der Waals surface area contributed by atoms with Gasteiger partial charge in [0.2, 0.25) is 0 Å². The van der Waals surface area contributed by atoms with Crippen LogP contribution in [0.25, 0.3) is 72.5 Å². The molecule has 8 aromatic rings. The van der Waals surface area contributed by atoms with Crippen LogP contribution >= 0.6 is 0 Å². The SMILES string of the molecule is O=c1nc(-c2cccc3oc4ccc(-c5ccccc5)cc4c23)nc2cc(-c3ccccc3)cc(-c3ccccc3)n12. The Morgan fingerprint density at radius 2 is 1.19 bits per heavy atom. The molecule has 5 heteroatoms. The summed E-state index contributed by atoms with van der Waals surface area (Å²) in [6, 6.07) is 46.2. The van der Waals surface area contributed by atoms with E-state index in [1.54, 1.807) is 4.40 Å². The maximum atomic E-state index is 13.8. The highest BCUT2D eigenvalue weighted by Crippen LogP contribution is 2.37. The fraction of sp³-hybridized carbons (Fsp3) is 0. The van der Waals surface area contributed by atoms with E-state index in [9.17, 15) is 4.79 Å². The maximum absolute atomic E-state index is 13.8. The zero-order valence-electron chi connectivity index (χ0n) is 22.4. The van der Waals surface area contributed by atoms with E-state index < -0.39 is 0 Å². The number of hydrogen-bond acceptors (Lipinski definition) is 4. The lowest BCUT2D eigenvalue weighted by Gasteiger charge is -2.13. The van der Waals surface area contributed by atoms with Gasteiger partial charge in [0.25, 0.3) is 0 Å². The minimum atomic E-state index is -0.386. The summed E-state index contributed by atoms with van der Waals surface area (Å²) in [4.78, 5) is 23.3. The molecular weight excluding hydrogens is 518 g/mol. The van der Waals surface area contributed by atoms with Crippen molar-refractivity contribution in [3.05, 3.63) is 150 Å². The average Bonchev–Trinajstić information content (AvgIpc) is 3.43. The summed E-state index contributed by atoms with van der Waals surface area (Å²) in [7, 11) is 0. The first kappa shape index (κ1) is 24.0. The normalized spacial score (nSPS) is 11.4. The number of rotatable bonds is 4. The molecule has 5 aromatic carbocycles. The van der Waals surface area contributed by atoms with Gasteiger partial charge in [-0.2, -0.15) is 4.98 Å². The molecule has 0 N–H and O–H groups in total. The number of aromatic nitrogens is 3. The molecule has 0 radical (unpaired) electrons. The number of furan rings is 1. The molecule has 3 heterocycles. The summed E-state index contributed by atoms with van der Waals surface area (Å²) in [6.07, 6.45) is 0. The first-order chi connectivity index (χ1) is 20.7. The molecule has 0 spiro atoms. The minimum absolute atomic E-state index is 0.364. The topological polar surface area (TPSA) is 60.4 Å². The monoisotopic (exact) mass is 541 g/mol. The average molecular weight is 542 g/mol. The second-order valence-electron chi connectivity index (χ2n) is 10.2. The van der Waals surface area contributed by atoms with Crippen LogP contribution in [0.5, 0.6) is 0 Å². The van der Waals surface area contributed by atoms with Gasteiger partial charge in [-0.3, -0.25) is 0 Å². The third-order valence-electron chi connectivity index (χ3n) is 7.68. The summed E-state index contributed by atoms with van der Waals surface area (Å²) < 4.78 is 7.83. The lowest BCUT2D eigenvalue weighted by atomic mass is 10.0. The molecule has 8 rings (SSSR count). The Labute approximate surface area is 241 Å². The first-order valence-electron chi connectivity index (χ1n) is 13.8. The van der Waals surface area contributed by atoms with Crippen LogP contribution in [-0.2, 0) is 0 Å². The van der Waals surface area contributed by atoms with Crippen LogP contribution in [0, 0.1) is 0 Å². The molecule has 0 bridgehead atoms. The van der Waals surface area contributed by atoms with Crippen LogP contribution in [-0.4, -0.2) is 14.4 Å². The predicted molar refractivity (Wildman–Crippen MR) is 168 cm³/mol. The minimum Gasteiger partial charge on any atom is -0.456 e. The van der Waals surface area contributed by atoms with Crippen molar-refractivity contribution in [2.45, 2.75) is 0 Å². The second-order valence-corrected chi connectivity index (χ2v) is 10.2. The first-order valence-corrected chi connectivity index (χ1v) is 13.8. The van der Waals surface area contributed by atoms with Gasteiger partial charge < -0.3 is 4.42 Å². The predicted octanol–water partition coefficient (Wildman–Crippen LogP) is 8.66. The molecule has 42 heavy (non-hydrogen) atoms. The van der Waals surface area contributed by atoms with Gasteiger partial charge in [-0.05, 0) is 58.1 Å². The number of fused-ring (bicyclic) bond motifs is 4. The molecule has 3 aromatic heterocycles. The van der Waals surface area contributed by atoms with Gasteiger partial charge in [-0.1, -0.05) is 109 Å². The van der Waals surface area contributed by atoms with E-state index in [2.05, 4.69) is 41.4 Å². The van der Waals surface area contributed by atoms with Crippen molar-refractivity contribution in [3.63, 3.8) is 0 Å². The zero-order valence-corrected chi connectivity index (χ0v) is 22.4. The highest BCUT2D eigenvalue weighted by Gasteiger charge is 2.18. The molecule has 5 nitrogen and oxygen atoms in total. The van der Waals surface area contributed by atoms with Crippen molar-refractivity contribution in [2.24, 2.45) is 0 Å². The van der Waals surface area contributed by atoms with E-state index in [4.69, 9.17) is 9.40 Å². The Bertz CT molecular complexity index is 2310. The smallest absolute Gasteiger partial charge is 0.355 e. The summed E-state index contributed by atoms with van der Waals surface area (Å²) in [5.74, 6) is 0.364. The van der Waals surface area contributed by atoms with Crippen molar-refractivity contribution in [1.82, 2.24) is 14.4 Å². The molecule has 0 unspecified atom stereocenters. The summed E-state index contributed by atoms with van der Waals surface area (Å²) >= 11 is 0. The Balaban J connectivity index is 1.39. The molecular formula is C37H23N3O2. The highest BCUT2D eigenvalue weighted by atomic mass is 16.3. The van der Waals surface area contributed by atoms with Crippen LogP contribution in [0.3, 0.4) is 0 Å². The van der Waals surface area contributed by atoms with Crippen LogP contribution in [0.15, 0.2) is 149 Å². The number of pyridine rings is 1. The molecule has 0 atom stereocenters. The lowest BCUT2D eigenvalue weighted by Crippen LogP contribution is -2.21. The summed E-state index contributed by atoms with van der Waals surface area (Å²) in [5.41, 5.74) is 8.25. The summed E-state index contributed by atoms with van der Waals surface area (Å²) in [6.45, 7) is 0. The highest BCUT2D eigenvalue weighted by molar-refractivity contribution is 6.12. The van der Waals surface area contributed by atoms with Gasteiger partial charge in [0.15, 0.2) is 5.82 Å². The van der Waals surface area contributed by atoms with Crippen molar-refractivity contribution >= 4 is 27.6 Å². The number of hydrogen-bond donors (Lipinski definition) is 0.